The molecule has 94 valence electrons. The maximum atomic E-state index is 11.8. The van der Waals surface area contributed by atoms with Gasteiger partial charge in [0.1, 0.15) is 0 Å². The van der Waals surface area contributed by atoms with E-state index >= 15 is 0 Å². The molecule has 0 aliphatic rings. The van der Waals surface area contributed by atoms with Gasteiger partial charge in [-0.1, -0.05) is 6.07 Å². The van der Waals surface area contributed by atoms with Crippen LogP contribution in [0.5, 0.6) is 0 Å². The second kappa shape index (κ2) is 5.35. The number of rotatable bonds is 4. The Hall–Kier alpha value is -2.30. The van der Waals surface area contributed by atoms with Gasteiger partial charge in [-0.2, -0.15) is 5.10 Å². The topological polar surface area (TPSA) is 72.9 Å². The van der Waals surface area contributed by atoms with E-state index in [0.717, 1.165) is 11.3 Å². The highest BCUT2D eigenvalue weighted by molar-refractivity contribution is 5.92. The van der Waals surface area contributed by atoms with Crippen LogP contribution in [0.15, 0.2) is 36.7 Å². The molecule has 1 amide bonds. The second-order valence-electron chi connectivity index (χ2n) is 4.09. The third-order valence-electron chi connectivity index (χ3n) is 2.78. The molecular weight excluding hydrogens is 228 g/mol. The van der Waals surface area contributed by atoms with Gasteiger partial charge >= 0.3 is 0 Å². The summed E-state index contributed by atoms with van der Waals surface area (Å²) in [7, 11) is 0. The van der Waals surface area contributed by atoms with Crippen molar-refractivity contribution in [2.24, 2.45) is 0 Å². The number of carbonyl (C=O) groups is 1. The van der Waals surface area contributed by atoms with Gasteiger partial charge in [0.2, 0.25) is 5.91 Å². The molecule has 0 fully saturated rings. The van der Waals surface area contributed by atoms with Gasteiger partial charge in [0.15, 0.2) is 0 Å². The van der Waals surface area contributed by atoms with Crippen LogP contribution in [0.4, 0.5) is 11.4 Å². The number of amides is 1. The average molecular weight is 244 g/mol. The number of aryl methyl sites for hydroxylation is 1. The summed E-state index contributed by atoms with van der Waals surface area (Å²) in [6, 6.07) is 7.32. The highest BCUT2D eigenvalue weighted by atomic mass is 16.1. The van der Waals surface area contributed by atoms with E-state index in [1.165, 1.54) is 0 Å². The third kappa shape index (κ3) is 2.88. The number of benzene rings is 1. The smallest absolute Gasteiger partial charge is 0.226 e. The van der Waals surface area contributed by atoms with Gasteiger partial charge in [0, 0.05) is 36.7 Å². The summed E-state index contributed by atoms with van der Waals surface area (Å²) in [5, 5.41) is 6.90. The highest BCUT2D eigenvalue weighted by Gasteiger charge is 2.06. The second-order valence-corrected chi connectivity index (χ2v) is 4.09. The lowest BCUT2D eigenvalue weighted by molar-refractivity contribution is -0.116. The number of carbonyl (C=O) groups excluding carboxylic acids is 1. The number of nitrogens with one attached hydrogen (secondary N) is 1. The predicted molar refractivity (Wildman–Crippen MR) is 71.1 cm³/mol. The Labute approximate surface area is 106 Å². The SMILES string of the molecule is Cc1c(N)cccc1NC(=O)CCn1cccn1. The number of aromatic nitrogens is 2. The molecule has 0 aliphatic carbocycles. The first-order valence-corrected chi connectivity index (χ1v) is 5.79. The van der Waals surface area contributed by atoms with Crippen molar-refractivity contribution in [3.05, 3.63) is 42.2 Å². The van der Waals surface area contributed by atoms with Crippen LogP contribution in [0.1, 0.15) is 12.0 Å². The molecule has 0 bridgehead atoms. The molecule has 1 aromatic carbocycles. The summed E-state index contributed by atoms with van der Waals surface area (Å²) in [5.74, 6) is -0.0424. The van der Waals surface area contributed by atoms with E-state index in [9.17, 15) is 4.79 Å². The van der Waals surface area contributed by atoms with Crippen molar-refractivity contribution in [1.29, 1.82) is 0 Å². The zero-order chi connectivity index (χ0) is 13.0. The molecule has 0 saturated carbocycles. The molecule has 1 aromatic heterocycles. The minimum atomic E-state index is -0.0424. The molecule has 0 unspecified atom stereocenters. The van der Waals surface area contributed by atoms with Crippen molar-refractivity contribution in [1.82, 2.24) is 9.78 Å². The normalized spacial score (nSPS) is 10.3. The number of hydrogen-bond donors (Lipinski definition) is 2. The zero-order valence-electron chi connectivity index (χ0n) is 10.3. The highest BCUT2D eigenvalue weighted by Crippen LogP contribution is 2.20. The molecule has 3 N–H and O–H groups in total. The summed E-state index contributed by atoms with van der Waals surface area (Å²) in [5.41, 5.74) is 8.12. The zero-order valence-corrected chi connectivity index (χ0v) is 10.3. The van der Waals surface area contributed by atoms with Crippen LogP contribution in [0.3, 0.4) is 0 Å². The van der Waals surface area contributed by atoms with Crippen molar-refractivity contribution < 1.29 is 4.79 Å². The Balaban J connectivity index is 1.93. The van der Waals surface area contributed by atoms with Crippen LogP contribution >= 0.6 is 0 Å². The molecule has 0 atom stereocenters. The quantitative estimate of drug-likeness (QED) is 0.805. The van der Waals surface area contributed by atoms with Crippen molar-refractivity contribution in [3.8, 4) is 0 Å². The van der Waals surface area contributed by atoms with Gasteiger partial charge in [-0.15, -0.1) is 0 Å². The van der Waals surface area contributed by atoms with E-state index in [4.69, 9.17) is 5.73 Å². The minimum Gasteiger partial charge on any atom is -0.398 e. The van der Waals surface area contributed by atoms with Crippen molar-refractivity contribution in [2.45, 2.75) is 19.9 Å². The van der Waals surface area contributed by atoms with Crippen LogP contribution in [-0.2, 0) is 11.3 Å². The van der Waals surface area contributed by atoms with Gasteiger partial charge in [0.25, 0.3) is 0 Å². The first-order chi connectivity index (χ1) is 8.66. The minimum absolute atomic E-state index is 0.0424. The fourth-order valence-corrected chi connectivity index (χ4v) is 1.65. The molecule has 0 saturated heterocycles. The molecule has 2 aromatic rings. The summed E-state index contributed by atoms with van der Waals surface area (Å²) in [4.78, 5) is 11.8. The van der Waals surface area contributed by atoms with Crippen LogP contribution < -0.4 is 11.1 Å². The maximum Gasteiger partial charge on any atom is 0.226 e. The first kappa shape index (κ1) is 12.2. The molecular formula is C13H16N4O. The third-order valence-corrected chi connectivity index (χ3v) is 2.78. The van der Waals surface area contributed by atoms with Gasteiger partial charge in [0.05, 0.1) is 0 Å². The van der Waals surface area contributed by atoms with E-state index < -0.39 is 0 Å². The molecule has 5 heteroatoms. The van der Waals surface area contributed by atoms with E-state index in [2.05, 4.69) is 10.4 Å². The van der Waals surface area contributed by atoms with Crippen LogP contribution in [0.25, 0.3) is 0 Å². The number of anilines is 2. The Kier molecular flexibility index (Phi) is 3.62. The van der Waals surface area contributed by atoms with Crippen molar-refractivity contribution in [2.75, 3.05) is 11.1 Å². The van der Waals surface area contributed by atoms with Crippen LogP contribution in [0, 0.1) is 6.92 Å². The molecule has 5 nitrogen and oxygen atoms in total. The van der Waals surface area contributed by atoms with Crippen LogP contribution in [0.2, 0.25) is 0 Å². The molecule has 2 rings (SSSR count). The Bertz CT molecular complexity index is 534. The molecule has 0 spiro atoms. The fraction of sp³-hybridized carbons (Fsp3) is 0.231. The standard InChI is InChI=1S/C13H16N4O/c1-10-11(14)4-2-5-12(10)16-13(18)6-9-17-8-3-7-15-17/h2-5,7-8H,6,9,14H2,1H3,(H,16,18). The summed E-state index contributed by atoms with van der Waals surface area (Å²) in [6.07, 6.45) is 3.91. The van der Waals surface area contributed by atoms with Crippen LogP contribution in [-0.4, -0.2) is 15.7 Å². The van der Waals surface area contributed by atoms with Gasteiger partial charge < -0.3 is 11.1 Å². The monoisotopic (exact) mass is 244 g/mol. The predicted octanol–water partition coefficient (Wildman–Crippen LogP) is 1.80. The molecule has 1 heterocycles. The Morgan fingerprint density at radius 2 is 2.28 bits per heavy atom. The average Bonchev–Trinajstić information content (AvgIpc) is 2.86. The van der Waals surface area contributed by atoms with Crippen molar-refractivity contribution >= 4 is 17.3 Å². The number of nitrogens with zero attached hydrogens (tertiary/aromatic N) is 2. The lowest BCUT2D eigenvalue weighted by Gasteiger charge is -2.10. The Morgan fingerprint density at radius 1 is 1.44 bits per heavy atom. The largest absolute Gasteiger partial charge is 0.398 e. The maximum absolute atomic E-state index is 11.8. The lowest BCUT2D eigenvalue weighted by Crippen LogP contribution is -2.15. The van der Waals surface area contributed by atoms with E-state index in [-0.39, 0.29) is 5.91 Å². The first-order valence-electron chi connectivity index (χ1n) is 5.79. The number of hydrogen-bond acceptors (Lipinski definition) is 3. The molecule has 0 aliphatic heterocycles. The van der Waals surface area contributed by atoms with E-state index in [1.807, 2.05) is 37.4 Å². The fourth-order valence-electron chi connectivity index (χ4n) is 1.65. The molecule has 18 heavy (non-hydrogen) atoms. The Morgan fingerprint density at radius 3 is 3.00 bits per heavy atom. The van der Waals surface area contributed by atoms with Gasteiger partial charge in [-0.05, 0) is 30.7 Å². The van der Waals surface area contributed by atoms with Crippen molar-refractivity contribution in [3.63, 3.8) is 0 Å². The summed E-state index contributed by atoms with van der Waals surface area (Å²) in [6.45, 7) is 2.46. The van der Waals surface area contributed by atoms with Gasteiger partial charge in [-0.3, -0.25) is 9.48 Å². The number of nitrogen functional groups attached to an aromatic ring is 1. The van der Waals surface area contributed by atoms with Gasteiger partial charge in [-0.25, -0.2) is 0 Å². The summed E-state index contributed by atoms with van der Waals surface area (Å²) >= 11 is 0. The van der Waals surface area contributed by atoms with E-state index in [1.54, 1.807) is 10.9 Å². The van der Waals surface area contributed by atoms with E-state index in [0.29, 0.717) is 18.7 Å². The lowest BCUT2D eigenvalue weighted by atomic mass is 10.1. The number of nitrogens with two attached hydrogens (primary N) is 1. The summed E-state index contributed by atoms with van der Waals surface area (Å²) < 4.78 is 1.73. The molecule has 0 radical (unpaired) electrons.